The number of nitrogens with one attached hydrogen (secondary N) is 1. The van der Waals surface area contributed by atoms with Crippen molar-refractivity contribution < 1.29 is 5.11 Å². The SMILES string of the molecule is C=C(Cl)CNCC1(O)CCCCCC1. The molecule has 0 spiro atoms. The maximum atomic E-state index is 10.2. The Morgan fingerprint density at radius 1 is 1.29 bits per heavy atom. The first-order chi connectivity index (χ1) is 6.62. The van der Waals surface area contributed by atoms with Crippen LogP contribution in [-0.2, 0) is 0 Å². The second kappa shape index (κ2) is 5.74. The highest BCUT2D eigenvalue weighted by molar-refractivity contribution is 6.29. The molecule has 3 heteroatoms. The summed E-state index contributed by atoms with van der Waals surface area (Å²) in [4.78, 5) is 0. The number of halogens is 1. The van der Waals surface area contributed by atoms with Crippen LogP contribution < -0.4 is 5.32 Å². The Kier molecular flexibility index (Phi) is 4.93. The molecule has 1 aliphatic rings. The van der Waals surface area contributed by atoms with E-state index in [0.29, 0.717) is 18.1 Å². The van der Waals surface area contributed by atoms with Crippen LogP contribution in [0.1, 0.15) is 38.5 Å². The van der Waals surface area contributed by atoms with E-state index in [4.69, 9.17) is 11.6 Å². The predicted octanol–water partition coefficient (Wildman–Crippen LogP) is 2.41. The zero-order chi connectivity index (χ0) is 10.4. The molecule has 0 aromatic heterocycles. The summed E-state index contributed by atoms with van der Waals surface area (Å²) >= 11 is 5.63. The third kappa shape index (κ3) is 4.45. The van der Waals surface area contributed by atoms with Crippen molar-refractivity contribution in [2.24, 2.45) is 0 Å². The van der Waals surface area contributed by atoms with Crippen molar-refractivity contribution in [1.82, 2.24) is 5.32 Å². The first kappa shape index (κ1) is 12.0. The fourth-order valence-electron chi connectivity index (χ4n) is 1.99. The zero-order valence-electron chi connectivity index (χ0n) is 8.69. The lowest BCUT2D eigenvalue weighted by molar-refractivity contribution is 0.0262. The number of hydrogen-bond donors (Lipinski definition) is 2. The molecule has 1 rings (SSSR count). The molecule has 0 aromatic carbocycles. The zero-order valence-corrected chi connectivity index (χ0v) is 9.45. The van der Waals surface area contributed by atoms with Gasteiger partial charge in [-0.1, -0.05) is 43.9 Å². The van der Waals surface area contributed by atoms with Crippen LogP contribution in [0.15, 0.2) is 11.6 Å². The van der Waals surface area contributed by atoms with Crippen molar-refractivity contribution in [3.63, 3.8) is 0 Å². The minimum Gasteiger partial charge on any atom is -0.389 e. The van der Waals surface area contributed by atoms with Crippen LogP contribution in [0.5, 0.6) is 0 Å². The van der Waals surface area contributed by atoms with Crippen LogP contribution in [-0.4, -0.2) is 23.8 Å². The number of rotatable bonds is 4. The van der Waals surface area contributed by atoms with Gasteiger partial charge >= 0.3 is 0 Å². The molecule has 0 saturated heterocycles. The van der Waals surface area contributed by atoms with Crippen molar-refractivity contribution in [2.45, 2.75) is 44.1 Å². The highest BCUT2D eigenvalue weighted by Gasteiger charge is 2.27. The second-order valence-corrected chi connectivity index (χ2v) is 4.79. The van der Waals surface area contributed by atoms with E-state index in [1.807, 2.05) is 0 Å². The molecule has 1 aliphatic carbocycles. The molecular formula is C11H20ClNO. The van der Waals surface area contributed by atoms with Crippen LogP contribution in [0.25, 0.3) is 0 Å². The summed E-state index contributed by atoms with van der Waals surface area (Å²) in [6.07, 6.45) is 6.61. The van der Waals surface area contributed by atoms with Gasteiger partial charge in [-0.3, -0.25) is 0 Å². The minimum atomic E-state index is -0.511. The Morgan fingerprint density at radius 2 is 1.86 bits per heavy atom. The average Bonchev–Trinajstić information content (AvgIpc) is 2.30. The quantitative estimate of drug-likeness (QED) is 0.709. The van der Waals surface area contributed by atoms with Crippen LogP contribution in [0.4, 0.5) is 0 Å². The summed E-state index contributed by atoms with van der Waals surface area (Å²) in [6, 6.07) is 0. The van der Waals surface area contributed by atoms with Gasteiger partial charge in [-0.2, -0.15) is 0 Å². The van der Waals surface area contributed by atoms with E-state index in [1.165, 1.54) is 12.8 Å². The normalized spacial score (nSPS) is 21.6. The van der Waals surface area contributed by atoms with Gasteiger partial charge in [0, 0.05) is 18.1 Å². The lowest BCUT2D eigenvalue weighted by Crippen LogP contribution is -2.40. The Bertz CT molecular complexity index is 186. The molecule has 82 valence electrons. The van der Waals surface area contributed by atoms with Crippen molar-refractivity contribution in [3.05, 3.63) is 11.6 Å². The van der Waals surface area contributed by atoms with E-state index < -0.39 is 5.60 Å². The molecule has 14 heavy (non-hydrogen) atoms. The van der Waals surface area contributed by atoms with Gasteiger partial charge in [0.25, 0.3) is 0 Å². The molecule has 0 amide bonds. The summed E-state index contributed by atoms with van der Waals surface area (Å²) in [5.41, 5.74) is -0.511. The summed E-state index contributed by atoms with van der Waals surface area (Å²) in [6.45, 7) is 4.83. The van der Waals surface area contributed by atoms with Crippen molar-refractivity contribution in [3.8, 4) is 0 Å². The third-order valence-electron chi connectivity index (χ3n) is 2.81. The first-order valence-electron chi connectivity index (χ1n) is 5.39. The number of hydrogen-bond acceptors (Lipinski definition) is 2. The van der Waals surface area contributed by atoms with Crippen LogP contribution >= 0.6 is 11.6 Å². The van der Waals surface area contributed by atoms with Crippen molar-refractivity contribution in [2.75, 3.05) is 13.1 Å². The molecule has 0 aromatic rings. The molecule has 2 nitrogen and oxygen atoms in total. The summed E-state index contributed by atoms with van der Waals surface area (Å²) in [7, 11) is 0. The lowest BCUT2D eigenvalue weighted by atomic mass is 9.94. The predicted molar refractivity (Wildman–Crippen MR) is 60.5 cm³/mol. The maximum absolute atomic E-state index is 10.2. The van der Waals surface area contributed by atoms with E-state index in [-0.39, 0.29) is 0 Å². The van der Waals surface area contributed by atoms with E-state index in [9.17, 15) is 5.11 Å². The van der Waals surface area contributed by atoms with Gasteiger partial charge in [-0.25, -0.2) is 0 Å². The summed E-state index contributed by atoms with van der Waals surface area (Å²) < 4.78 is 0. The highest BCUT2D eigenvalue weighted by Crippen LogP contribution is 2.26. The second-order valence-electron chi connectivity index (χ2n) is 4.26. The highest BCUT2D eigenvalue weighted by atomic mass is 35.5. The third-order valence-corrected chi connectivity index (χ3v) is 2.94. The van der Waals surface area contributed by atoms with Crippen LogP contribution in [0, 0.1) is 0 Å². The molecule has 0 atom stereocenters. The van der Waals surface area contributed by atoms with Crippen LogP contribution in [0.3, 0.4) is 0 Å². The van der Waals surface area contributed by atoms with Crippen molar-refractivity contribution in [1.29, 1.82) is 0 Å². The molecule has 1 saturated carbocycles. The molecule has 0 radical (unpaired) electrons. The molecule has 0 aliphatic heterocycles. The van der Waals surface area contributed by atoms with Gasteiger partial charge in [0.15, 0.2) is 0 Å². The molecule has 1 fully saturated rings. The topological polar surface area (TPSA) is 32.3 Å². The van der Waals surface area contributed by atoms with E-state index >= 15 is 0 Å². The fourth-order valence-corrected chi connectivity index (χ4v) is 2.09. The van der Waals surface area contributed by atoms with Gasteiger partial charge < -0.3 is 10.4 Å². The monoisotopic (exact) mass is 217 g/mol. The minimum absolute atomic E-state index is 0.511. The maximum Gasteiger partial charge on any atom is 0.0771 e. The first-order valence-corrected chi connectivity index (χ1v) is 5.77. The van der Waals surface area contributed by atoms with E-state index in [2.05, 4.69) is 11.9 Å². The van der Waals surface area contributed by atoms with E-state index in [1.54, 1.807) is 0 Å². The Hall–Kier alpha value is -0.0500. The van der Waals surface area contributed by atoms with Crippen molar-refractivity contribution >= 4 is 11.6 Å². The standard InChI is InChI=1S/C11H20ClNO/c1-10(12)8-13-9-11(14)6-4-2-3-5-7-11/h13-14H,1-9H2. The lowest BCUT2D eigenvalue weighted by Gasteiger charge is -2.26. The average molecular weight is 218 g/mol. The van der Waals surface area contributed by atoms with Gasteiger partial charge in [0.1, 0.15) is 0 Å². The Labute approximate surface area is 91.3 Å². The molecular weight excluding hydrogens is 198 g/mol. The molecule has 2 N–H and O–H groups in total. The molecule has 0 heterocycles. The van der Waals surface area contributed by atoms with Gasteiger partial charge in [0.2, 0.25) is 0 Å². The van der Waals surface area contributed by atoms with Gasteiger partial charge in [0.05, 0.1) is 5.60 Å². The van der Waals surface area contributed by atoms with Gasteiger partial charge in [-0.05, 0) is 12.8 Å². The molecule has 0 unspecified atom stereocenters. The number of aliphatic hydroxyl groups is 1. The largest absolute Gasteiger partial charge is 0.389 e. The fraction of sp³-hybridized carbons (Fsp3) is 0.818. The Balaban J connectivity index is 2.27. The van der Waals surface area contributed by atoms with Gasteiger partial charge in [-0.15, -0.1) is 0 Å². The Morgan fingerprint density at radius 3 is 2.36 bits per heavy atom. The summed E-state index contributed by atoms with van der Waals surface area (Å²) in [5.74, 6) is 0. The summed E-state index contributed by atoms with van der Waals surface area (Å²) in [5, 5.41) is 14.0. The smallest absolute Gasteiger partial charge is 0.0771 e. The van der Waals surface area contributed by atoms with E-state index in [0.717, 1.165) is 25.7 Å². The van der Waals surface area contributed by atoms with Crippen LogP contribution in [0.2, 0.25) is 0 Å². The molecule has 0 bridgehead atoms.